The molecule has 1 N–H and O–H groups in total. The highest BCUT2D eigenvalue weighted by molar-refractivity contribution is 7.93. The topological polar surface area (TPSA) is 67.2 Å². The van der Waals surface area contributed by atoms with Gasteiger partial charge in [-0.15, -0.1) is 0 Å². The summed E-state index contributed by atoms with van der Waals surface area (Å²) < 4.78 is 23.6. The molecule has 4 nitrogen and oxygen atoms in total. The molecule has 14 heavy (non-hydrogen) atoms. The largest absolute Gasteiger partial charge is 0.468 e. The second-order valence-corrected chi connectivity index (χ2v) is 4.82. The van der Waals surface area contributed by atoms with Crippen molar-refractivity contribution in [2.75, 3.05) is 12.9 Å². The van der Waals surface area contributed by atoms with Crippen molar-refractivity contribution in [3.8, 4) is 0 Å². The third-order valence-electron chi connectivity index (χ3n) is 1.67. The molecule has 0 heterocycles. The van der Waals surface area contributed by atoms with Gasteiger partial charge in [-0.05, 0) is 12.1 Å². The molecular weight excluding hydrogens is 202 g/mol. The monoisotopic (exact) mass is 213 g/mol. The van der Waals surface area contributed by atoms with Crippen LogP contribution in [0.15, 0.2) is 35.2 Å². The standard InChI is InChI=1S/C9H11NO3S/c1-13-9(11)7-14(10,12)8-5-3-2-4-6-8/h2-6,10H,7H2,1H3. The highest BCUT2D eigenvalue weighted by Crippen LogP contribution is 2.10. The molecule has 0 radical (unpaired) electrons. The first-order valence-electron chi connectivity index (χ1n) is 3.94. The molecule has 0 amide bonds. The maximum Gasteiger partial charge on any atom is 0.319 e. The van der Waals surface area contributed by atoms with Crippen LogP contribution in [0.1, 0.15) is 0 Å². The maximum atomic E-state index is 11.7. The SMILES string of the molecule is COC(=O)CS(=N)(=O)c1ccccc1. The number of carbonyl (C=O) groups is 1. The quantitative estimate of drug-likeness (QED) is 0.769. The molecule has 76 valence electrons. The highest BCUT2D eigenvalue weighted by Gasteiger charge is 2.15. The molecule has 1 atom stereocenters. The van der Waals surface area contributed by atoms with Crippen molar-refractivity contribution in [3.63, 3.8) is 0 Å². The molecule has 1 aromatic rings. The Kier molecular flexibility index (Phi) is 3.24. The van der Waals surface area contributed by atoms with Crippen molar-refractivity contribution in [2.24, 2.45) is 0 Å². The minimum atomic E-state index is -3.05. The van der Waals surface area contributed by atoms with E-state index in [1.54, 1.807) is 30.3 Å². The molecule has 0 aliphatic rings. The van der Waals surface area contributed by atoms with Crippen LogP contribution in [-0.4, -0.2) is 23.0 Å². The predicted octanol–water partition coefficient (Wildman–Crippen LogP) is 1.27. The van der Waals surface area contributed by atoms with Crippen molar-refractivity contribution < 1.29 is 13.7 Å². The summed E-state index contributed by atoms with van der Waals surface area (Å²) in [5.41, 5.74) is 0. The van der Waals surface area contributed by atoms with E-state index >= 15 is 0 Å². The fourth-order valence-electron chi connectivity index (χ4n) is 0.949. The predicted molar refractivity (Wildman–Crippen MR) is 52.5 cm³/mol. The summed E-state index contributed by atoms with van der Waals surface area (Å²) in [4.78, 5) is 11.2. The zero-order valence-corrected chi connectivity index (χ0v) is 8.54. The molecule has 0 aliphatic carbocycles. The smallest absolute Gasteiger partial charge is 0.319 e. The number of esters is 1. The van der Waals surface area contributed by atoms with Gasteiger partial charge in [0.1, 0.15) is 5.75 Å². The van der Waals surface area contributed by atoms with Gasteiger partial charge in [-0.25, -0.2) is 8.99 Å². The molecule has 1 aromatic carbocycles. The number of nitrogens with one attached hydrogen (secondary N) is 1. The molecule has 0 spiro atoms. The summed E-state index contributed by atoms with van der Waals surface area (Å²) in [5.74, 6) is -1.03. The van der Waals surface area contributed by atoms with Crippen molar-refractivity contribution in [1.29, 1.82) is 4.78 Å². The lowest BCUT2D eigenvalue weighted by Gasteiger charge is -2.05. The van der Waals surface area contributed by atoms with Crippen LogP contribution in [-0.2, 0) is 19.3 Å². The van der Waals surface area contributed by atoms with Crippen molar-refractivity contribution >= 4 is 15.7 Å². The Morgan fingerprint density at radius 2 is 2.00 bits per heavy atom. The number of carbonyl (C=O) groups excluding carboxylic acids is 1. The van der Waals surface area contributed by atoms with Gasteiger partial charge < -0.3 is 4.74 Å². The van der Waals surface area contributed by atoms with E-state index in [2.05, 4.69) is 4.74 Å². The summed E-state index contributed by atoms with van der Waals surface area (Å²) in [6.07, 6.45) is 0. The molecule has 0 saturated carbocycles. The molecule has 0 fully saturated rings. The number of methoxy groups -OCH3 is 1. The Labute approximate surface area is 82.9 Å². The Bertz CT molecular complexity index is 411. The third kappa shape index (κ3) is 2.56. The van der Waals surface area contributed by atoms with E-state index < -0.39 is 21.5 Å². The van der Waals surface area contributed by atoms with Crippen molar-refractivity contribution in [3.05, 3.63) is 30.3 Å². The lowest BCUT2D eigenvalue weighted by Crippen LogP contribution is -2.16. The van der Waals surface area contributed by atoms with Gasteiger partial charge >= 0.3 is 5.97 Å². The van der Waals surface area contributed by atoms with E-state index in [-0.39, 0.29) is 0 Å². The first-order chi connectivity index (χ1) is 6.56. The van der Waals surface area contributed by atoms with Gasteiger partial charge in [0.25, 0.3) is 0 Å². The molecule has 0 aliphatic heterocycles. The maximum absolute atomic E-state index is 11.7. The summed E-state index contributed by atoms with van der Waals surface area (Å²) in [5, 5.41) is 0. The van der Waals surface area contributed by atoms with Crippen LogP contribution in [0.25, 0.3) is 0 Å². The minimum absolute atomic E-state index is 0.352. The van der Waals surface area contributed by atoms with Crippen molar-refractivity contribution in [2.45, 2.75) is 4.90 Å². The Morgan fingerprint density at radius 3 is 2.50 bits per heavy atom. The van der Waals surface area contributed by atoms with Gasteiger partial charge in [0.2, 0.25) is 0 Å². The Balaban J connectivity index is 2.93. The van der Waals surface area contributed by atoms with Gasteiger partial charge in [0.15, 0.2) is 0 Å². The van der Waals surface area contributed by atoms with Gasteiger partial charge in [-0.2, -0.15) is 0 Å². The number of benzene rings is 1. The van der Waals surface area contributed by atoms with E-state index in [1.807, 2.05) is 0 Å². The molecule has 0 aromatic heterocycles. The van der Waals surface area contributed by atoms with Crippen LogP contribution in [0.2, 0.25) is 0 Å². The average molecular weight is 213 g/mol. The first kappa shape index (κ1) is 10.7. The average Bonchev–Trinajstić information content (AvgIpc) is 2.18. The molecule has 0 saturated heterocycles. The zero-order chi connectivity index (χ0) is 10.6. The van der Waals surface area contributed by atoms with Crippen LogP contribution in [0.3, 0.4) is 0 Å². The summed E-state index contributed by atoms with van der Waals surface area (Å²) in [7, 11) is -1.84. The zero-order valence-electron chi connectivity index (χ0n) is 7.73. The van der Waals surface area contributed by atoms with Crippen LogP contribution >= 0.6 is 0 Å². The third-order valence-corrected chi connectivity index (χ3v) is 3.35. The number of rotatable bonds is 3. The first-order valence-corrected chi connectivity index (χ1v) is 5.67. The lowest BCUT2D eigenvalue weighted by molar-refractivity contribution is -0.137. The molecule has 1 unspecified atom stereocenters. The highest BCUT2D eigenvalue weighted by atomic mass is 32.2. The van der Waals surface area contributed by atoms with Crippen LogP contribution < -0.4 is 0 Å². The number of hydrogen-bond acceptors (Lipinski definition) is 4. The van der Waals surface area contributed by atoms with Crippen molar-refractivity contribution in [1.82, 2.24) is 0 Å². The fraction of sp³-hybridized carbons (Fsp3) is 0.222. The Hall–Kier alpha value is -1.36. The van der Waals surface area contributed by atoms with E-state index in [9.17, 15) is 9.00 Å². The van der Waals surface area contributed by atoms with E-state index in [1.165, 1.54) is 7.11 Å². The second kappa shape index (κ2) is 4.23. The normalized spacial score (nSPS) is 14.4. The van der Waals surface area contributed by atoms with Gasteiger partial charge in [0, 0.05) is 4.90 Å². The van der Waals surface area contributed by atoms with Gasteiger partial charge in [-0.3, -0.25) is 4.79 Å². The Morgan fingerprint density at radius 1 is 1.43 bits per heavy atom. The van der Waals surface area contributed by atoms with E-state index in [0.29, 0.717) is 4.90 Å². The summed E-state index contributed by atoms with van der Waals surface area (Å²) in [6, 6.07) is 8.26. The fourth-order valence-corrected chi connectivity index (χ4v) is 2.16. The molecular formula is C9H11NO3S. The second-order valence-electron chi connectivity index (χ2n) is 2.71. The van der Waals surface area contributed by atoms with Crippen LogP contribution in [0.5, 0.6) is 0 Å². The number of ether oxygens (including phenoxy) is 1. The molecule has 0 bridgehead atoms. The van der Waals surface area contributed by atoms with Crippen LogP contribution in [0.4, 0.5) is 0 Å². The summed E-state index contributed by atoms with van der Waals surface area (Å²) in [6.45, 7) is 0. The van der Waals surface area contributed by atoms with Crippen LogP contribution in [0, 0.1) is 4.78 Å². The van der Waals surface area contributed by atoms with E-state index in [4.69, 9.17) is 4.78 Å². The minimum Gasteiger partial charge on any atom is -0.468 e. The molecule has 1 rings (SSSR count). The lowest BCUT2D eigenvalue weighted by atomic mass is 10.4. The van der Waals surface area contributed by atoms with Gasteiger partial charge in [0.05, 0.1) is 16.8 Å². The molecule has 5 heteroatoms. The number of hydrogen-bond donors (Lipinski definition) is 1. The summed E-state index contributed by atoms with van der Waals surface area (Å²) >= 11 is 0. The van der Waals surface area contributed by atoms with Gasteiger partial charge in [-0.1, -0.05) is 18.2 Å². The van der Waals surface area contributed by atoms with E-state index in [0.717, 1.165) is 0 Å².